The number of anilines is 1. The minimum absolute atomic E-state index is 0.0272. The summed E-state index contributed by atoms with van der Waals surface area (Å²) in [6, 6.07) is 0. The van der Waals surface area contributed by atoms with Crippen LogP contribution in [0.15, 0.2) is 6.33 Å². The largest absolute Gasteiger partial charge is 0.481 e. The Morgan fingerprint density at radius 1 is 1.41 bits per heavy atom. The van der Waals surface area contributed by atoms with Gasteiger partial charge in [-0.2, -0.15) is 0 Å². The maximum atomic E-state index is 8.96. The number of ether oxygens (including phenoxy) is 1. The van der Waals surface area contributed by atoms with Gasteiger partial charge in [0.15, 0.2) is 0 Å². The Morgan fingerprint density at radius 3 is 2.71 bits per heavy atom. The van der Waals surface area contributed by atoms with Crippen molar-refractivity contribution < 1.29 is 9.84 Å². The average Bonchev–Trinajstić information content (AvgIpc) is 2.28. The molecule has 1 rings (SSSR count). The van der Waals surface area contributed by atoms with Crippen molar-refractivity contribution in [2.45, 2.75) is 27.2 Å². The molecular weight excluding hydrogens is 218 g/mol. The molecule has 1 aromatic heterocycles. The summed E-state index contributed by atoms with van der Waals surface area (Å²) in [4.78, 5) is 8.21. The van der Waals surface area contributed by atoms with Crippen molar-refractivity contribution in [3.05, 3.63) is 11.9 Å². The number of hydrogen-bond acceptors (Lipinski definition) is 5. The van der Waals surface area contributed by atoms with Crippen LogP contribution in [0.5, 0.6) is 5.88 Å². The maximum absolute atomic E-state index is 8.96. The predicted molar refractivity (Wildman–Crippen MR) is 67.3 cm³/mol. The van der Waals surface area contributed by atoms with Gasteiger partial charge in [0.2, 0.25) is 5.88 Å². The second kappa shape index (κ2) is 5.82. The van der Waals surface area contributed by atoms with Crippen molar-refractivity contribution in [2.24, 2.45) is 5.41 Å². The van der Waals surface area contributed by atoms with E-state index >= 15 is 0 Å². The van der Waals surface area contributed by atoms with E-state index in [4.69, 9.17) is 9.84 Å². The number of nitrogens with one attached hydrogen (secondary N) is 1. The number of aliphatic hydroxyl groups is 1. The van der Waals surface area contributed by atoms with Crippen LogP contribution < -0.4 is 10.1 Å². The summed E-state index contributed by atoms with van der Waals surface area (Å²) in [5.74, 6) is 1.37. The first-order valence-electron chi connectivity index (χ1n) is 5.70. The molecule has 0 amide bonds. The predicted octanol–water partition coefficient (Wildman–Crippen LogP) is 1.61. The van der Waals surface area contributed by atoms with Crippen molar-refractivity contribution in [3.63, 3.8) is 0 Å². The van der Waals surface area contributed by atoms with Gasteiger partial charge < -0.3 is 15.2 Å². The molecule has 0 aliphatic carbocycles. The van der Waals surface area contributed by atoms with E-state index in [9.17, 15) is 0 Å². The first-order chi connectivity index (χ1) is 8.00. The molecule has 0 aromatic carbocycles. The van der Waals surface area contributed by atoms with Gasteiger partial charge in [0.25, 0.3) is 0 Å². The van der Waals surface area contributed by atoms with Crippen LogP contribution in [-0.2, 0) is 0 Å². The molecular formula is C12H21N3O2. The van der Waals surface area contributed by atoms with Crippen molar-refractivity contribution in [2.75, 3.05) is 25.6 Å². The average molecular weight is 239 g/mol. The van der Waals surface area contributed by atoms with Crippen molar-refractivity contribution >= 4 is 5.82 Å². The van der Waals surface area contributed by atoms with Gasteiger partial charge in [-0.1, -0.05) is 13.8 Å². The second-order valence-corrected chi connectivity index (χ2v) is 4.85. The van der Waals surface area contributed by atoms with Gasteiger partial charge in [0, 0.05) is 13.2 Å². The highest BCUT2D eigenvalue weighted by atomic mass is 16.5. The van der Waals surface area contributed by atoms with Crippen molar-refractivity contribution in [3.8, 4) is 5.88 Å². The van der Waals surface area contributed by atoms with Gasteiger partial charge in [0.1, 0.15) is 12.1 Å². The Labute approximate surface area is 102 Å². The highest BCUT2D eigenvalue weighted by Crippen LogP contribution is 2.23. The fourth-order valence-corrected chi connectivity index (χ4v) is 1.53. The van der Waals surface area contributed by atoms with Crippen LogP contribution in [0, 0.1) is 12.3 Å². The van der Waals surface area contributed by atoms with Crippen LogP contribution >= 0.6 is 0 Å². The Kier molecular flexibility index (Phi) is 4.69. The zero-order valence-electron chi connectivity index (χ0n) is 10.9. The van der Waals surface area contributed by atoms with Crippen LogP contribution in [0.3, 0.4) is 0 Å². The standard InChI is InChI=1S/C12H21N3O2/c1-9-10(14-8-15-11(9)17-4)13-7-12(2,3)5-6-16/h8,16H,5-7H2,1-4H3,(H,13,14,15). The highest BCUT2D eigenvalue weighted by Gasteiger charge is 2.18. The van der Waals surface area contributed by atoms with Gasteiger partial charge in [-0.05, 0) is 18.8 Å². The summed E-state index contributed by atoms with van der Waals surface area (Å²) < 4.78 is 5.13. The van der Waals surface area contributed by atoms with Crippen molar-refractivity contribution in [1.29, 1.82) is 0 Å². The first-order valence-corrected chi connectivity index (χ1v) is 5.70. The molecule has 0 atom stereocenters. The lowest BCUT2D eigenvalue weighted by molar-refractivity contribution is 0.220. The Hall–Kier alpha value is -1.36. The molecule has 96 valence electrons. The lowest BCUT2D eigenvalue weighted by atomic mass is 9.90. The summed E-state index contributed by atoms with van der Waals surface area (Å²) >= 11 is 0. The van der Waals surface area contributed by atoms with E-state index in [1.165, 1.54) is 6.33 Å². The van der Waals surface area contributed by atoms with E-state index in [0.717, 1.165) is 24.3 Å². The number of aliphatic hydroxyl groups excluding tert-OH is 1. The van der Waals surface area contributed by atoms with Crippen LogP contribution in [0.4, 0.5) is 5.82 Å². The third-order valence-corrected chi connectivity index (χ3v) is 2.75. The third-order valence-electron chi connectivity index (χ3n) is 2.75. The monoisotopic (exact) mass is 239 g/mol. The molecule has 0 aliphatic heterocycles. The summed E-state index contributed by atoms with van der Waals surface area (Å²) in [6.45, 7) is 7.06. The lowest BCUT2D eigenvalue weighted by Gasteiger charge is -2.24. The molecule has 0 saturated heterocycles. The molecule has 5 heteroatoms. The minimum atomic E-state index is 0.0272. The van der Waals surface area contributed by atoms with Gasteiger partial charge in [-0.3, -0.25) is 0 Å². The molecule has 0 radical (unpaired) electrons. The van der Waals surface area contributed by atoms with E-state index in [0.29, 0.717) is 5.88 Å². The van der Waals surface area contributed by atoms with Crippen molar-refractivity contribution in [1.82, 2.24) is 9.97 Å². The molecule has 17 heavy (non-hydrogen) atoms. The normalized spacial score (nSPS) is 11.4. The first kappa shape index (κ1) is 13.7. The highest BCUT2D eigenvalue weighted by molar-refractivity contribution is 5.47. The van der Waals surface area contributed by atoms with E-state index in [2.05, 4.69) is 29.1 Å². The van der Waals surface area contributed by atoms with E-state index < -0.39 is 0 Å². The molecule has 1 aromatic rings. The SMILES string of the molecule is COc1ncnc(NCC(C)(C)CCO)c1C. The van der Waals surface area contributed by atoms with Gasteiger partial charge in [-0.15, -0.1) is 0 Å². The number of aromatic nitrogens is 2. The Bertz CT molecular complexity index is 367. The number of nitrogens with zero attached hydrogens (tertiary/aromatic N) is 2. The number of methoxy groups -OCH3 is 1. The molecule has 0 saturated carbocycles. The van der Waals surface area contributed by atoms with Crippen LogP contribution in [-0.4, -0.2) is 35.3 Å². The number of hydrogen-bond donors (Lipinski definition) is 2. The van der Waals surface area contributed by atoms with Gasteiger partial charge in [0.05, 0.1) is 12.7 Å². The molecule has 2 N–H and O–H groups in total. The minimum Gasteiger partial charge on any atom is -0.481 e. The Morgan fingerprint density at radius 2 is 2.12 bits per heavy atom. The van der Waals surface area contributed by atoms with E-state index in [1.54, 1.807) is 7.11 Å². The lowest BCUT2D eigenvalue weighted by Crippen LogP contribution is -2.25. The summed E-state index contributed by atoms with van der Waals surface area (Å²) in [5.41, 5.74) is 0.925. The quantitative estimate of drug-likeness (QED) is 0.789. The zero-order valence-corrected chi connectivity index (χ0v) is 10.9. The number of rotatable bonds is 6. The zero-order chi connectivity index (χ0) is 12.9. The molecule has 1 heterocycles. The molecule has 0 unspecified atom stereocenters. The van der Waals surface area contributed by atoms with Crippen LogP contribution in [0.25, 0.3) is 0 Å². The Balaban J connectivity index is 2.69. The molecule has 0 fully saturated rings. The molecule has 0 spiro atoms. The van der Waals surface area contributed by atoms with Gasteiger partial charge >= 0.3 is 0 Å². The second-order valence-electron chi connectivity index (χ2n) is 4.85. The summed E-state index contributed by atoms with van der Waals surface area (Å²) in [7, 11) is 1.59. The van der Waals surface area contributed by atoms with E-state index in [1.807, 2.05) is 6.92 Å². The van der Waals surface area contributed by atoms with Gasteiger partial charge in [-0.25, -0.2) is 9.97 Å². The summed E-state index contributed by atoms with van der Waals surface area (Å²) in [6.07, 6.45) is 2.23. The maximum Gasteiger partial charge on any atom is 0.221 e. The molecule has 5 nitrogen and oxygen atoms in total. The molecule has 0 bridgehead atoms. The third kappa shape index (κ3) is 3.85. The smallest absolute Gasteiger partial charge is 0.221 e. The molecule has 0 aliphatic rings. The fraction of sp³-hybridized carbons (Fsp3) is 0.667. The van der Waals surface area contributed by atoms with E-state index in [-0.39, 0.29) is 12.0 Å². The fourth-order valence-electron chi connectivity index (χ4n) is 1.53. The topological polar surface area (TPSA) is 67.3 Å². The summed E-state index contributed by atoms with van der Waals surface area (Å²) in [5, 5.41) is 12.2. The van der Waals surface area contributed by atoms with Crippen LogP contribution in [0.2, 0.25) is 0 Å². The van der Waals surface area contributed by atoms with Crippen LogP contribution in [0.1, 0.15) is 25.8 Å².